The minimum atomic E-state index is 0.486. The van der Waals surface area contributed by atoms with Crippen molar-refractivity contribution in [3.05, 3.63) is 76.5 Å². The molecule has 0 aliphatic carbocycles. The second-order valence-corrected chi connectivity index (χ2v) is 6.45. The standard InChI is InChI=1S/C18H21N3S/c1-15(10-18-6-9-22-13-18)20-11-16-2-4-17(5-3-16)12-21-8-7-19-14-21/h2-9,13-15,20H,10-12H2,1H3/t15-/m0/s1. The van der Waals surface area contributed by atoms with E-state index >= 15 is 0 Å². The molecule has 0 fully saturated rings. The molecule has 0 radical (unpaired) electrons. The van der Waals surface area contributed by atoms with Gasteiger partial charge in [-0.1, -0.05) is 24.3 Å². The van der Waals surface area contributed by atoms with Gasteiger partial charge in [-0.15, -0.1) is 0 Å². The van der Waals surface area contributed by atoms with Crippen LogP contribution in [0.15, 0.2) is 59.8 Å². The predicted molar refractivity (Wildman–Crippen MR) is 92.1 cm³/mol. The third-order valence-electron chi connectivity index (χ3n) is 3.72. The van der Waals surface area contributed by atoms with E-state index in [0.29, 0.717) is 6.04 Å². The molecule has 3 aromatic rings. The molecule has 1 N–H and O–H groups in total. The molecule has 0 unspecified atom stereocenters. The first-order valence-electron chi connectivity index (χ1n) is 7.57. The van der Waals surface area contributed by atoms with E-state index in [4.69, 9.17) is 0 Å². The van der Waals surface area contributed by atoms with Gasteiger partial charge in [0.25, 0.3) is 0 Å². The summed E-state index contributed by atoms with van der Waals surface area (Å²) in [6.07, 6.45) is 6.73. The van der Waals surface area contributed by atoms with Crippen molar-refractivity contribution in [2.75, 3.05) is 0 Å². The highest BCUT2D eigenvalue weighted by Gasteiger charge is 2.04. The topological polar surface area (TPSA) is 29.9 Å². The highest BCUT2D eigenvalue weighted by atomic mass is 32.1. The number of rotatable bonds is 7. The molecule has 3 nitrogen and oxygen atoms in total. The largest absolute Gasteiger partial charge is 0.333 e. The molecule has 0 aliphatic heterocycles. The smallest absolute Gasteiger partial charge is 0.0949 e. The molecule has 114 valence electrons. The molecule has 0 aliphatic rings. The molecule has 0 amide bonds. The van der Waals surface area contributed by atoms with E-state index in [2.05, 4.69) is 62.9 Å². The number of nitrogens with one attached hydrogen (secondary N) is 1. The Morgan fingerprint density at radius 1 is 1.14 bits per heavy atom. The Morgan fingerprint density at radius 3 is 2.64 bits per heavy atom. The summed E-state index contributed by atoms with van der Waals surface area (Å²) in [6, 6.07) is 11.5. The molecule has 2 heterocycles. The number of nitrogens with zero attached hydrogens (tertiary/aromatic N) is 2. The van der Waals surface area contributed by atoms with Gasteiger partial charge in [-0.05, 0) is 46.9 Å². The van der Waals surface area contributed by atoms with Crippen LogP contribution in [0.25, 0.3) is 0 Å². The minimum Gasteiger partial charge on any atom is -0.333 e. The van der Waals surface area contributed by atoms with Crippen molar-refractivity contribution >= 4 is 11.3 Å². The average molecular weight is 311 g/mol. The summed E-state index contributed by atoms with van der Waals surface area (Å²) in [6.45, 7) is 4.03. The maximum Gasteiger partial charge on any atom is 0.0949 e. The SMILES string of the molecule is C[C@@H](Cc1ccsc1)NCc1ccc(Cn2ccnc2)cc1. The van der Waals surface area contributed by atoms with E-state index in [-0.39, 0.29) is 0 Å². The Balaban J connectivity index is 1.48. The summed E-state index contributed by atoms with van der Waals surface area (Å²) in [7, 11) is 0. The molecule has 0 spiro atoms. The molecule has 2 aromatic heterocycles. The molecule has 0 saturated heterocycles. The Kier molecular flexibility index (Phi) is 5.03. The van der Waals surface area contributed by atoms with Crippen molar-refractivity contribution in [1.29, 1.82) is 0 Å². The summed E-state index contributed by atoms with van der Waals surface area (Å²) in [4.78, 5) is 4.07. The van der Waals surface area contributed by atoms with Crippen molar-refractivity contribution in [2.45, 2.75) is 32.5 Å². The number of hydrogen-bond donors (Lipinski definition) is 1. The first-order valence-corrected chi connectivity index (χ1v) is 8.52. The van der Waals surface area contributed by atoms with Crippen LogP contribution >= 0.6 is 11.3 Å². The van der Waals surface area contributed by atoms with Gasteiger partial charge in [0, 0.05) is 31.5 Å². The van der Waals surface area contributed by atoms with E-state index in [1.54, 1.807) is 11.3 Å². The lowest BCUT2D eigenvalue weighted by Gasteiger charge is -2.13. The number of thiophene rings is 1. The molecule has 22 heavy (non-hydrogen) atoms. The maximum atomic E-state index is 4.07. The molecule has 4 heteroatoms. The van der Waals surface area contributed by atoms with Crippen LogP contribution in [0.4, 0.5) is 0 Å². The molecular formula is C18H21N3S. The fourth-order valence-corrected chi connectivity index (χ4v) is 3.16. The Morgan fingerprint density at radius 2 is 1.95 bits per heavy atom. The summed E-state index contributed by atoms with van der Waals surface area (Å²) >= 11 is 1.76. The lowest BCUT2D eigenvalue weighted by Crippen LogP contribution is -2.27. The number of imidazole rings is 1. The van der Waals surface area contributed by atoms with Crippen molar-refractivity contribution in [1.82, 2.24) is 14.9 Å². The first kappa shape index (κ1) is 15.0. The third-order valence-corrected chi connectivity index (χ3v) is 4.46. The van der Waals surface area contributed by atoms with Crippen LogP contribution in [0.2, 0.25) is 0 Å². The number of benzene rings is 1. The summed E-state index contributed by atoms with van der Waals surface area (Å²) in [5, 5.41) is 7.96. The van der Waals surface area contributed by atoms with E-state index in [0.717, 1.165) is 19.5 Å². The van der Waals surface area contributed by atoms with Gasteiger partial charge in [0.05, 0.1) is 6.33 Å². The van der Waals surface area contributed by atoms with Crippen molar-refractivity contribution in [3.63, 3.8) is 0 Å². The number of aromatic nitrogens is 2. The average Bonchev–Trinajstić information content (AvgIpc) is 3.20. The summed E-state index contributed by atoms with van der Waals surface area (Å²) < 4.78 is 2.08. The van der Waals surface area contributed by atoms with Crippen molar-refractivity contribution in [3.8, 4) is 0 Å². The monoisotopic (exact) mass is 311 g/mol. The molecule has 0 bridgehead atoms. The second kappa shape index (κ2) is 7.38. The zero-order chi connectivity index (χ0) is 15.2. The highest BCUT2D eigenvalue weighted by Crippen LogP contribution is 2.10. The molecule has 3 rings (SSSR count). The van der Waals surface area contributed by atoms with Gasteiger partial charge in [0.1, 0.15) is 0 Å². The van der Waals surface area contributed by atoms with Gasteiger partial charge >= 0.3 is 0 Å². The first-order chi connectivity index (χ1) is 10.8. The fourth-order valence-electron chi connectivity index (χ4n) is 2.48. The quantitative estimate of drug-likeness (QED) is 0.721. The van der Waals surface area contributed by atoms with E-state index in [1.807, 2.05) is 18.7 Å². The molecule has 1 atom stereocenters. The van der Waals surface area contributed by atoms with Gasteiger partial charge < -0.3 is 9.88 Å². The van der Waals surface area contributed by atoms with Crippen LogP contribution in [0, 0.1) is 0 Å². The highest BCUT2D eigenvalue weighted by molar-refractivity contribution is 7.07. The van der Waals surface area contributed by atoms with Gasteiger partial charge in [-0.2, -0.15) is 11.3 Å². The van der Waals surface area contributed by atoms with Gasteiger partial charge in [0.15, 0.2) is 0 Å². The zero-order valence-corrected chi connectivity index (χ0v) is 13.6. The van der Waals surface area contributed by atoms with Crippen molar-refractivity contribution in [2.24, 2.45) is 0 Å². The van der Waals surface area contributed by atoms with Crippen LogP contribution < -0.4 is 5.32 Å². The van der Waals surface area contributed by atoms with E-state index in [1.165, 1.54) is 16.7 Å². The lowest BCUT2D eigenvalue weighted by molar-refractivity contribution is 0.546. The van der Waals surface area contributed by atoms with Gasteiger partial charge in [0.2, 0.25) is 0 Å². The fraction of sp³-hybridized carbons (Fsp3) is 0.278. The third kappa shape index (κ3) is 4.29. The van der Waals surface area contributed by atoms with Crippen LogP contribution in [0.1, 0.15) is 23.6 Å². The van der Waals surface area contributed by atoms with Crippen LogP contribution in [-0.2, 0) is 19.5 Å². The van der Waals surface area contributed by atoms with Crippen LogP contribution in [0.3, 0.4) is 0 Å². The van der Waals surface area contributed by atoms with Crippen LogP contribution in [-0.4, -0.2) is 15.6 Å². The molecular weight excluding hydrogens is 290 g/mol. The number of hydrogen-bond acceptors (Lipinski definition) is 3. The second-order valence-electron chi connectivity index (χ2n) is 5.67. The Bertz CT molecular complexity index is 657. The molecule has 0 saturated carbocycles. The Labute approximate surface area is 135 Å². The zero-order valence-electron chi connectivity index (χ0n) is 12.8. The normalized spacial score (nSPS) is 12.4. The lowest BCUT2D eigenvalue weighted by atomic mass is 10.1. The summed E-state index contributed by atoms with van der Waals surface area (Å²) in [5.41, 5.74) is 4.04. The molecule has 1 aromatic carbocycles. The van der Waals surface area contributed by atoms with E-state index in [9.17, 15) is 0 Å². The van der Waals surface area contributed by atoms with Crippen molar-refractivity contribution < 1.29 is 0 Å². The summed E-state index contributed by atoms with van der Waals surface area (Å²) in [5.74, 6) is 0. The van der Waals surface area contributed by atoms with Crippen LogP contribution in [0.5, 0.6) is 0 Å². The minimum absolute atomic E-state index is 0.486. The van der Waals surface area contributed by atoms with Gasteiger partial charge in [-0.3, -0.25) is 0 Å². The Hall–Kier alpha value is -1.91. The van der Waals surface area contributed by atoms with E-state index < -0.39 is 0 Å². The maximum absolute atomic E-state index is 4.07. The van der Waals surface area contributed by atoms with Gasteiger partial charge in [-0.25, -0.2) is 4.98 Å². The predicted octanol–water partition coefficient (Wildman–Crippen LogP) is 3.71.